The van der Waals surface area contributed by atoms with Gasteiger partial charge in [-0.3, -0.25) is 4.79 Å². The number of nitrogens with zero attached hydrogens (tertiary/aromatic N) is 2. The van der Waals surface area contributed by atoms with Crippen molar-refractivity contribution in [1.82, 2.24) is 4.57 Å². The fraction of sp³-hybridized carbons (Fsp3) is 0.0400. The predicted molar refractivity (Wildman–Crippen MR) is 129 cm³/mol. The van der Waals surface area contributed by atoms with Crippen molar-refractivity contribution in [1.29, 1.82) is 5.26 Å². The molecule has 0 saturated heterocycles. The van der Waals surface area contributed by atoms with E-state index < -0.39 is 5.91 Å². The van der Waals surface area contributed by atoms with Gasteiger partial charge in [-0.15, -0.1) is 0 Å². The second-order valence-corrected chi connectivity index (χ2v) is 8.28. The van der Waals surface area contributed by atoms with Gasteiger partial charge in [-0.05, 0) is 42.0 Å². The van der Waals surface area contributed by atoms with Gasteiger partial charge in [0.05, 0.1) is 0 Å². The summed E-state index contributed by atoms with van der Waals surface area (Å²) < 4.78 is 2.92. The highest BCUT2D eigenvalue weighted by atomic mass is 79.9. The quantitative estimate of drug-likeness (QED) is 0.251. The van der Waals surface area contributed by atoms with E-state index in [1.165, 1.54) is 0 Å². The smallest absolute Gasteiger partial charge is 0.266 e. The molecule has 152 valence electrons. The molecule has 4 nitrogen and oxygen atoms in total. The van der Waals surface area contributed by atoms with Crippen LogP contribution in [0.25, 0.3) is 17.0 Å². The highest BCUT2D eigenvalue weighted by Gasteiger charge is 2.13. The molecule has 0 aliphatic heterocycles. The van der Waals surface area contributed by atoms with Crippen molar-refractivity contribution in [3.8, 4) is 6.07 Å². The molecule has 0 aliphatic rings. The molecule has 0 spiro atoms. The van der Waals surface area contributed by atoms with Crippen LogP contribution in [0.2, 0.25) is 5.02 Å². The monoisotopic (exact) mass is 489 g/mol. The molecule has 0 atom stereocenters. The van der Waals surface area contributed by atoms with E-state index in [9.17, 15) is 10.1 Å². The normalized spacial score (nSPS) is 11.3. The first-order valence-electron chi connectivity index (χ1n) is 9.55. The minimum absolute atomic E-state index is 0.0284. The molecule has 3 aromatic carbocycles. The predicted octanol–water partition coefficient (Wildman–Crippen LogP) is 6.65. The van der Waals surface area contributed by atoms with Crippen molar-refractivity contribution in [2.75, 3.05) is 5.32 Å². The number of carbonyl (C=O) groups excluding carboxylic acids is 1. The summed E-state index contributed by atoms with van der Waals surface area (Å²) in [5.74, 6) is -0.455. The third-order valence-electron chi connectivity index (χ3n) is 4.87. The van der Waals surface area contributed by atoms with Gasteiger partial charge in [-0.1, -0.05) is 70.0 Å². The topological polar surface area (TPSA) is 57.8 Å². The maximum atomic E-state index is 12.7. The minimum Gasteiger partial charge on any atom is -0.342 e. The number of para-hydroxylation sites is 1. The molecule has 0 fully saturated rings. The van der Waals surface area contributed by atoms with E-state index >= 15 is 0 Å². The van der Waals surface area contributed by atoms with Crippen LogP contribution in [0.3, 0.4) is 0 Å². The molecule has 4 aromatic rings. The zero-order valence-electron chi connectivity index (χ0n) is 16.3. The van der Waals surface area contributed by atoms with Crippen LogP contribution in [0.5, 0.6) is 0 Å². The fourth-order valence-corrected chi connectivity index (χ4v) is 3.99. The van der Waals surface area contributed by atoms with Crippen molar-refractivity contribution in [3.05, 3.63) is 105 Å². The van der Waals surface area contributed by atoms with E-state index in [4.69, 9.17) is 11.6 Å². The van der Waals surface area contributed by atoms with E-state index in [1.807, 2.05) is 72.9 Å². The molecule has 4 rings (SSSR count). The Labute approximate surface area is 193 Å². The number of halogens is 2. The zero-order valence-corrected chi connectivity index (χ0v) is 18.7. The lowest BCUT2D eigenvalue weighted by Gasteiger charge is -2.07. The highest BCUT2D eigenvalue weighted by molar-refractivity contribution is 9.10. The van der Waals surface area contributed by atoms with Crippen molar-refractivity contribution < 1.29 is 4.79 Å². The van der Waals surface area contributed by atoms with Crippen LogP contribution in [0, 0.1) is 11.3 Å². The number of rotatable bonds is 5. The van der Waals surface area contributed by atoms with E-state index in [-0.39, 0.29) is 5.57 Å². The number of anilines is 1. The lowest BCUT2D eigenvalue weighted by atomic mass is 10.1. The number of hydrogen-bond acceptors (Lipinski definition) is 2. The summed E-state index contributed by atoms with van der Waals surface area (Å²) in [5.41, 5.74) is 3.43. The number of nitrogens with one attached hydrogen (secondary N) is 1. The molecule has 0 radical (unpaired) electrons. The number of hydrogen-bond donors (Lipinski definition) is 1. The van der Waals surface area contributed by atoms with E-state index in [1.54, 1.807) is 18.2 Å². The average Bonchev–Trinajstić information content (AvgIpc) is 3.11. The Morgan fingerprint density at radius 3 is 2.65 bits per heavy atom. The lowest BCUT2D eigenvalue weighted by Crippen LogP contribution is -2.13. The van der Waals surface area contributed by atoms with E-state index in [0.717, 1.165) is 26.5 Å². The van der Waals surface area contributed by atoms with Crippen molar-refractivity contribution >= 4 is 56.1 Å². The molecule has 6 heteroatoms. The van der Waals surface area contributed by atoms with Gasteiger partial charge >= 0.3 is 0 Å². The van der Waals surface area contributed by atoms with Crippen molar-refractivity contribution in [2.45, 2.75) is 6.54 Å². The van der Waals surface area contributed by atoms with E-state index in [0.29, 0.717) is 17.3 Å². The van der Waals surface area contributed by atoms with Crippen molar-refractivity contribution in [3.63, 3.8) is 0 Å². The standard InChI is InChI=1S/C25H17BrClN3O/c26-20-7-5-8-21(13-20)29-25(31)18(14-28)12-19-16-30(24-11-4-2-9-22(19)24)15-17-6-1-3-10-23(17)27/h1-13,16H,15H2,(H,29,31)/b18-12-. The van der Waals surface area contributed by atoms with Gasteiger partial charge in [-0.25, -0.2) is 0 Å². The zero-order chi connectivity index (χ0) is 21.8. The number of amides is 1. The summed E-state index contributed by atoms with van der Waals surface area (Å²) in [6.45, 7) is 0.583. The Morgan fingerprint density at radius 2 is 1.87 bits per heavy atom. The Morgan fingerprint density at radius 1 is 1.10 bits per heavy atom. The molecule has 1 heterocycles. The minimum atomic E-state index is -0.455. The molecule has 0 unspecified atom stereocenters. The molecule has 0 bridgehead atoms. The van der Waals surface area contributed by atoms with Crippen LogP contribution in [-0.2, 0) is 11.3 Å². The molecule has 31 heavy (non-hydrogen) atoms. The third kappa shape index (κ3) is 4.72. The summed E-state index contributed by atoms with van der Waals surface area (Å²) in [6, 6.07) is 24.8. The number of aromatic nitrogens is 1. The van der Waals surface area contributed by atoms with Crippen LogP contribution in [-0.4, -0.2) is 10.5 Å². The number of benzene rings is 3. The fourth-order valence-electron chi connectivity index (χ4n) is 3.40. The van der Waals surface area contributed by atoms with Gasteiger partial charge in [0.2, 0.25) is 0 Å². The lowest BCUT2D eigenvalue weighted by molar-refractivity contribution is -0.112. The average molecular weight is 491 g/mol. The van der Waals surface area contributed by atoms with Gasteiger partial charge in [-0.2, -0.15) is 5.26 Å². The van der Waals surface area contributed by atoms with Crippen LogP contribution >= 0.6 is 27.5 Å². The maximum absolute atomic E-state index is 12.7. The Hall–Kier alpha value is -3.33. The molecule has 0 aliphatic carbocycles. The third-order valence-corrected chi connectivity index (χ3v) is 5.73. The number of nitriles is 1. The summed E-state index contributed by atoms with van der Waals surface area (Å²) in [4.78, 5) is 12.7. The second kappa shape index (κ2) is 9.22. The first-order chi connectivity index (χ1) is 15.0. The number of fused-ring (bicyclic) bond motifs is 1. The summed E-state index contributed by atoms with van der Waals surface area (Å²) in [6.07, 6.45) is 3.57. The number of carbonyl (C=O) groups is 1. The Bertz CT molecular complexity index is 1350. The van der Waals surface area contributed by atoms with E-state index in [2.05, 4.69) is 25.8 Å². The molecule has 1 N–H and O–H groups in total. The summed E-state index contributed by atoms with van der Waals surface area (Å²) in [7, 11) is 0. The SMILES string of the molecule is N#C/C(=C/c1cn(Cc2ccccc2Cl)c2ccccc12)C(=O)Nc1cccc(Br)c1. The van der Waals surface area contributed by atoms with Gasteiger partial charge in [0.25, 0.3) is 5.91 Å². The van der Waals surface area contributed by atoms with Gasteiger partial charge < -0.3 is 9.88 Å². The highest BCUT2D eigenvalue weighted by Crippen LogP contribution is 2.26. The largest absolute Gasteiger partial charge is 0.342 e. The van der Waals surface area contributed by atoms with Crippen LogP contribution in [0.4, 0.5) is 5.69 Å². The maximum Gasteiger partial charge on any atom is 0.266 e. The Kier molecular flexibility index (Phi) is 6.22. The molecule has 1 aromatic heterocycles. The molecular formula is C25H17BrClN3O. The summed E-state index contributed by atoms with van der Waals surface area (Å²) >= 11 is 9.72. The Balaban J connectivity index is 1.70. The van der Waals surface area contributed by atoms with Crippen LogP contribution in [0.1, 0.15) is 11.1 Å². The van der Waals surface area contributed by atoms with Crippen LogP contribution in [0.15, 0.2) is 89.0 Å². The van der Waals surface area contributed by atoms with Gasteiger partial charge in [0.1, 0.15) is 11.6 Å². The second-order valence-electron chi connectivity index (χ2n) is 6.96. The molecule has 1 amide bonds. The van der Waals surface area contributed by atoms with Gasteiger partial charge in [0.15, 0.2) is 0 Å². The van der Waals surface area contributed by atoms with Gasteiger partial charge in [0, 0.05) is 44.4 Å². The first-order valence-corrected chi connectivity index (χ1v) is 10.7. The molecule has 0 saturated carbocycles. The van der Waals surface area contributed by atoms with Crippen molar-refractivity contribution in [2.24, 2.45) is 0 Å². The first kappa shape index (κ1) is 20.9. The molecular weight excluding hydrogens is 474 g/mol. The summed E-state index contributed by atoms with van der Waals surface area (Å²) in [5, 5.41) is 14.1. The van der Waals surface area contributed by atoms with Crippen LogP contribution < -0.4 is 5.32 Å².